The van der Waals surface area contributed by atoms with Crippen LogP contribution >= 0.6 is 0 Å². The Morgan fingerprint density at radius 1 is 1.32 bits per heavy atom. The lowest BCUT2D eigenvalue weighted by molar-refractivity contribution is 0.0571. The zero-order valence-electron chi connectivity index (χ0n) is 10.9. The molecule has 1 saturated heterocycles. The Morgan fingerprint density at radius 2 is 2.05 bits per heavy atom. The third kappa shape index (κ3) is 2.38. The predicted molar refractivity (Wildman–Crippen MR) is 68.6 cm³/mol. The van der Waals surface area contributed by atoms with Gasteiger partial charge in [0.2, 0.25) is 0 Å². The highest BCUT2D eigenvalue weighted by atomic mass is 16.6. The van der Waals surface area contributed by atoms with E-state index in [1.54, 1.807) is 30.0 Å². The van der Waals surface area contributed by atoms with Gasteiger partial charge in [0.25, 0.3) is 5.91 Å². The molecule has 3 rings (SSSR count). The van der Waals surface area contributed by atoms with Gasteiger partial charge in [-0.3, -0.25) is 4.79 Å². The predicted octanol–water partition coefficient (Wildman–Crippen LogP) is 1.05. The highest BCUT2D eigenvalue weighted by Crippen LogP contribution is 2.31. The number of ether oxygens (including phenoxy) is 2. The minimum Gasteiger partial charge on any atom is -0.486 e. The lowest BCUT2D eigenvalue weighted by atomic mass is 10.1. The zero-order valence-corrected chi connectivity index (χ0v) is 10.9. The molecule has 1 unspecified atom stereocenters. The molecule has 0 radical (unpaired) electrons. The van der Waals surface area contributed by atoms with Gasteiger partial charge in [0.15, 0.2) is 11.5 Å². The molecule has 1 aromatic carbocycles. The summed E-state index contributed by atoms with van der Waals surface area (Å²) in [5, 5.41) is 9.91. The molecule has 0 saturated carbocycles. The van der Waals surface area contributed by atoms with Crippen molar-refractivity contribution < 1.29 is 19.4 Å². The van der Waals surface area contributed by atoms with Crippen LogP contribution in [0.2, 0.25) is 0 Å². The second-order valence-corrected chi connectivity index (χ2v) is 5.33. The molecule has 0 spiro atoms. The Hall–Kier alpha value is -1.75. The first-order valence-corrected chi connectivity index (χ1v) is 6.46. The van der Waals surface area contributed by atoms with Gasteiger partial charge in [-0.05, 0) is 31.5 Å². The third-order valence-electron chi connectivity index (χ3n) is 3.53. The van der Waals surface area contributed by atoms with Crippen LogP contribution in [0.1, 0.15) is 23.7 Å². The zero-order chi connectivity index (χ0) is 13.5. The number of nitrogens with zero attached hydrogens (tertiary/aromatic N) is 1. The Morgan fingerprint density at radius 3 is 2.74 bits per heavy atom. The molecule has 2 heterocycles. The summed E-state index contributed by atoms with van der Waals surface area (Å²) in [6.45, 7) is 3.75. The van der Waals surface area contributed by atoms with Crippen LogP contribution in [0.3, 0.4) is 0 Å². The quantitative estimate of drug-likeness (QED) is 0.823. The molecule has 2 aliphatic rings. The van der Waals surface area contributed by atoms with Crippen LogP contribution in [0.5, 0.6) is 11.5 Å². The largest absolute Gasteiger partial charge is 0.486 e. The Kier molecular flexibility index (Phi) is 2.86. The van der Waals surface area contributed by atoms with Crippen molar-refractivity contribution in [2.45, 2.75) is 18.9 Å². The standard InChI is InChI=1S/C14H17NO4/c1-14(17)4-5-15(9-14)13(16)10-2-3-11-12(8-10)19-7-6-18-11/h2-3,8,17H,4-7,9H2,1H3. The second kappa shape index (κ2) is 4.42. The topological polar surface area (TPSA) is 59.0 Å². The maximum absolute atomic E-state index is 12.3. The number of benzene rings is 1. The Bertz CT molecular complexity index is 512. The van der Waals surface area contributed by atoms with Crippen molar-refractivity contribution in [2.24, 2.45) is 0 Å². The van der Waals surface area contributed by atoms with E-state index >= 15 is 0 Å². The van der Waals surface area contributed by atoms with E-state index in [1.807, 2.05) is 0 Å². The molecule has 1 N–H and O–H groups in total. The first-order chi connectivity index (χ1) is 9.05. The minimum absolute atomic E-state index is 0.0743. The summed E-state index contributed by atoms with van der Waals surface area (Å²) in [6.07, 6.45) is 0.614. The van der Waals surface area contributed by atoms with Crippen LogP contribution in [0.4, 0.5) is 0 Å². The first kappa shape index (κ1) is 12.3. The van der Waals surface area contributed by atoms with Crippen LogP contribution in [0.15, 0.2) is 18.2 Å². The van der Waals surface area contributed by atoms with Gasteiger partial charge in [-0.25, -0.2) is 0 Å². The molecule has 1 amide bonds. The number of rotatable bonds is 1. The summed E-state index contributed by atoms with van der Waals surface area (Å²) in [4.78, 5) is 14.0. The highest BCUT2D eigenvalue weighted by Gasteiger charge is 2.34. The van der Waals surface area contributed by atoms with Crippen LogP contribution in [0, 0.1) is 0 Å². The van der Waals surface area contributed by atoms with Gasteiger partial charge < -0.3 is 19.5 Å². The van der Waals surface area contributed by atoms with Crippen LogP contribution in [-0.2, 0) is 0 Å². The SMILES string of the molecule is CC1(O)CCN(C(=O)c2ccc3c(c2)OCCO3)C1. The summed E-state index contributed by atoms with van der Waals surface area (Å²) in [6, 6.07) is 5.21. The molecule has 5 nitrogen and oxygen atoms in total. The molecule has 1 atom stereocenters. The monoisotopic (exact) mass is 263 g/mol. The number of aliphatic hydroxyl groups is 1. The summed E-state index contributed by atoms with van der Waals surface area (Å²) in [5.74, 6) is 1.22. The van der Waals surface area contributed by atoms with Gasteiger partial charge in [0.1, 0.15) is 13.2 Å². The number of likely N-dealkylation sites (tertiary alicyclic amines) is 1. The number of fused-ring (bicyclic) bond motifs is 1. The molecule has 0 bridgehead atoms. The number of β-amino-alcohol motifs (C(OH)–C–C–N with tert-alkyl or cyclic N) is 1. The van der Waals surface area contributed by atoms with E-state index < -0.39 is 5.60 Å². The minimum atomic E-state index is -0.774. The fourth-order valence-electron chi connectivity index (χ4n) is 2.48. The number of hydrogen-bond acceptors (Lipinski definition) is 4. The summed E-state index contributed by atoms with van der Waals surface area (Å²) < 4.78 is 10.9. The summed E-state index contributed by atoms with van der Waals surface area (Å²) >= 11 is 0. The van der Waals surface area contributed by atoms with Crippen molar-refractivity contribution in [3.05, 3.63) is 23.8 Å². The van der Waals surface area contributed by atoms with Crippen LogP contribution in [0.25, 0.3) is 0 Å². The van der Waals surface area contributed by atoms with Gasteiger partial charge in [-0.1, -0.05) is 0 Å². The van der Waals surface area contributed by atoms with Gasteiger partial charge in [-0.2, -0.15) is 0 Å². The average Bonchev–Trinajstić information content (AvgIpc) is 2.78. The van der Waals surface area contributed by atoms with Crippen molar-refractivity contribution in [3.63, 3.8) is 0 Å². The number of hydrogen-bond donors (Lipinski definition) is 1. The first-order valence-electron chi connectivity index (χ1n) is 6.46. The Balaban J connectivity index is 1.81. The van der Waals surface area contributed by atoms with Crippen LogP contribution in [-0.4, -0.2) is 47.8 Å². The summed E-state index contributed by atoms with van der Waals surface area (Å²) in [7, 11) is 0. The average molecular weight is 263 g/mol. The lowest BCUT2D eigenvalue weighted by Crippen LogP contribution is -2.33. The van der Waals surface area contributed by atoms with Gasteiger partial charge >= 0.3 is 0 Å². The fraction of sp³-hybridized carbons (Fsp3) is 0.500. The van der Waals surface area contributed by atoms with Crippen molar-refractivity contribution in [2.75, 3.05) is 26.3 Å². The molecule has 102 valence electrons. The van der Waals surface area contributed by atoms with Gasteiger partial charge in [0.05, 0.1) is 5.60 Å². The number of amides is 1. The molecule has 0 aromatic heterocycles. The molecule has 2 aliphatic heterocycles. The molecule has 1 fully saturated rings. The fourth-order valence-corrected chi connectivity index (χ4v) is 2.48. The maximum atomic E-state index is 12.3. The van der Waals surface area contributed by atoms with Crippen molar-refractivity contribution in [1.82, 2.24) is 4.90 Å². The van der Waals surface area contributed by atoms with Gasteiger partial charge in [-0.15, -0.1) is 0 Å². The summed E-state index contributed by atoms with van der Waals surface area (Å²) in [5.41, 5.74) is -0.203. The molecular weight excluding hydrogens is 246 g/mol. The lowest BCUT2D eigenvalue weighted by Gasteiger charge is -2.21. The van der Waals surface area contributed by atoms with Crippen molar-refractivity contribution in [3.8, 4) is 11.5 Å². The van der Waals surface area contributed by atoms with E-state index in [9.17, 15) is 9.90 Å². The smallest absolute Gasteiger partial charge is 0.254 e. The number of carbonyl (C=O) groups excluding carboxylic acids is 1. The van der Waals surface area contributed by atoms with Crippen molar-refractivity contribution >= 4 is 5.91 Å². The Labute approximate surface area is 111 Å². The van der Waals surface area contributed by atoms with E-state index in [2.05, 4.69) is 0 Å². The van der Waals surface area contributed by atoms with E-state index in [1.165, 1.54) is 0 Å². The van der Waals surface area contributed by atoms with E-state index in [0.29, 0.717) is 49.8 Å². The molecule has 0 aliphatic carbocycles. The van der Waals surface area contributed by atoms with E-state index in [0.717, 1.165) is 0 Å². The van der Waals surface area contributed by atoms with E-state index in [4.69, 9.17) is 9.47 Å². The van der Waals surface area contributed by atoms with Gasteiger partial charge in [0, 0.05) is 18.7 Å². The molecule has 19 heavy (non-hydrogen) atoms. The molecule has 5 heteroatoms. The number of carbonyl (C=O) groups is 1. The normalized spacial score (nSPS) is 25.5. The van der Waals surface area contributed by atoms with E-state index in [-0.39, 0.29) is 5.91 Å². The second-order valence-electron chi connectivity index (χ2n) is 5.33. The third-order valence-corrected chi connectivity index (χ3v) is 3.53. The maximum Gasteiger partial charge on any atom is 0.254 e. The molecule has 1 aromatic rings. The highest BCUT2D eigenvalue weighted by molar-refractivity contribution is 5.95. The molecular formula is C14H17NO4. The van der Waals surface area contributed by atoms with Crippen molar-refractivity contribution in [1.29, 1.82) is 0 Å². The van der Waals surface area contributed by atoms with Crippen LogP contribution < -0.4 is 9.47 Å².